The van der Waals surface area contributed by atoms with Crippen LogP contribution in [0.1, 0.15) is 24.3 Å². The van der Waals surface area contributed by atoms with Crippen molar-refractivity contribution in [2.75, 3.05) is 25.5 Å². The number of aromatic nitrogens is 2. The van der Waals surface area contributed by atoms with E-state index in [1.807, 2.05) is 6.07 Å². The van der Waals surface area contributed by atoms with Gasteiger partial charge in [0.15, 0.2) is 5.76 Å². The Kier molecular flexibility index (Phi) is 5.67. The molecule has 1 aliphatic rings. The van der Waals surface area contributed by atoms with E-state index in [9.17, 15) is 13.2 Å². The number of amides is 1. The van der Waals surface area contributed by atoms with Crippen molar-refractivity contribution in [3.05, 3.63) is 41.9 Å². The number of carbonyl (C=O) groups is 1. The van der Waals surface area contributed by atoms with E-state index in [0.717, 1.165) is 5.39 Å². The normalized spacial score (nSPS) is 15.8. The van der Waals surface area contributed by atoms with Crippen LogP contribution in [0.25, 0.3) is 10.9 Å². The first kappa shape index (κ1) is 21.3. The largest absolute Gasteiger partial charge is 0.494 e. The maximum absolute atomic E-state index is 13.0. The summed E-state index contributed by atoms with van der Waals surface area (Å²) in [5.74, 6) is 0.485. The molecule has 0 radical (unpaired) electrons. The first-order valence-electron chi connectivity index (χ1n) is 9.98. The molecule has 0 unspecified atom stereocenters. The number of piperidine rings is 1. The first-order chi connectivity index (χ1) is 14.8. The zero-order valence-electron chi connectivity index (χ0n) is 17.6. The number of hydrogen-bond donors (Lipinski definition) is 1. The number of sulfonamides is 1. The summed E-state index contributed by atoms with van der Waals surface area (Å²) in [5, 5.41) is 7.51. The van der Waals surface area contributed by atoms with E-state index >= 15 is 0 Å². The van der Waals surface area contributed by atoms with Crippen LogP contribution in [0.2, 0.25) is 0 Å². The SMILES string of the molecule is COc1ccc(NC(=O)C2CCN(S(=O)(=O)c3c(C)noc3C)CC2)c2cccnc12. The van der Waals surface area contributed by atoms with Crippen molar-refractivity contribution < 1.29 is 22.5 Å². The number of fused-ring (bicyclic) bond motifs is 1. The Balaban J connectivity index is 1.47. The highest BCUT2D eigenvalue weighted by atomic mass is 32.2. The molecule has 9 nitrogen and oxygen atoms in total. The molecule has 1 aromatic carbocycles. The minimum absolute atomic E-state index is 0.118. The number of methoxy groups -OCH3 is 1. The van der Waals surface area contributed by atoms with E-state index in [1.165, 1.54) is 4.31 Å². The van der Waals surface area contributed by atoms with Gasteiger partial charge in [0.25, 0.3) is 0 Å². The van der Waals surface area contributed by atoms with Crippen LogP contribution in [0.3, 0.4) is 0 Å². The molecule has 0 spiro atoms. The lowest BCUT2D eigenvalue weighted by Gasteiger charge is -2.30. The Morgan fingerprint density at radius 1 is 1.23 bits per heavy atom. The third-order valence-corrected chi connectivity index (χ3v) is 7.74. The van der Waals surface area contributed by atoms with E-state index in [1.54, 1.807) is 45.4 Å². The van der Waals surface area contributed by atoms with Gasteiger partial charge in [-0.1, -0.05) is 5.16 Å². The van der Waals surface area contributed by atoms with Crippen molar-refractivity contribution in [3.63, 3.8) is 0 Å². The van der Waals surface area contributed by atoms with Gasteiger partial charge in [0.1, 0.15) is 21.9 Å². The van der Waals surface area contributed by atoms with Crippen molar-refractivity contribution in [2.45, 2.75) is 31.6 Å². The van der Waals surface area contributed by atoms with Gasteiger partial charge in [0.2, 0.25) is 15.9 Å². The lowest BCUT2D eigenvalue weighted by molar-refractivity contribution is -0.120. The van der Waals surface area contributed by atoms with Crippen LogP contribution in [0.4, 0.5) is 5.69 Å². The highest BCUT2D eigenvalue weighted by Gasteiger charge is 2.35. The van der Waals surface area contributed by atoms with E-state index in [-0.39, 0.29) is 35.6 Å². The summed E-state index contributed by atoms with van der Waals surface area (Å²) in [6, 6.07) is 7.23. The molecular weight excluding hydrogens is 420 g/mol. The number of carbonyl (C=O) groups excluding carboxylic acids is 1. The molecule has 0 bridgehead atoms. The molecule has 3 aromatic rings. The molecule has 3 heterocycles. The average molecular weight is 445 g/mol. The number of benzene rings is 1. The number of aryl methyl sites for hydroxylation is 2. The Labute approximate surface area is 180 Å². The predicted octanol–water partition coefficient (Wildman–Crippen LogP) is 2.89. The molecule has 1 fully saturated rings. The molecule has 1 saturated heterocycles. The Morgan fingerprint density at radius 2 is 1.97 bits per heavy atom. The number of hydrogen-bond acceptors (Lipinski definition) is 7. The number of anilines is 1. The summed E-state index contributed by atoms with van der Waals surface area (Å²) in [6.45, 7) is 3.71. The zero-order valence-corrected chi connectivity index (χ0v) is 18.4. The van der Waals surface area contributed by atoms with Crippen molar-refractivity contribution in [1.82, 2.24) is 14.4 Å². The molecule has 0 aliphatic carbocycles. The minimum Gasteiger partial charge on any atom is -0.494 e. The molecule has 0 atom stereocenters. The van der Waals surface area contributed by atoms with Crippen LogP contribution in [0.5, 0.6) is 5.75 Å². The van der Waals surface area contributed by atoms with Gasteiger partial charge in [-0.25, -0.2) is 8.42 Å². The van der Waals surface area contributed by atoms with E-state index in [0.29, 0.717) is 35.5 Å². The van der Waals surface area contributed by atoms with Crippen molar-refractivity contribution in [1.29, 1.82) is 0 Å². The molecule has 0 saturated carbocycles. The lowest BCUT2D eigenvalue weighted by atomic mass is 9.97. The van der Waals surface area contributed by atoms with Gasteiger partial charge in [-0.3, -0.25) is 9.78 Å². The molecule has 1 N–H and O–H groups in total. The molecule has 1 amide bonds. The predicted molar refractivity (Wildman–Crippen MR) is 114 cm³/mol. The smallest absolute Gasteiger partial charge is 0.248 e. The molecule has 164 valence electrons. The molecular formula is C21H24N4O5S. The van der Waals surface area contributed by atoms with Crippen LogP contribution in [-0.2, 0) is 14.8 Å². The third-order valence-electron chi connectivity index (χ3n) is 5.60. The topological polar surface area (TPSA) is 115 Å². The average Bonchev–Trinajstić information content (AvgIpc) is 3.12. The first-order valence-corrected chi connectivity index (χ1v) is 11.4. The van der Waals surface area contributed by atoms with Crippen molar-refractivity contribution >= 4 is 32.5 Å². The Morgan fingerprint density at radius 3 is 2.61 bits per heavy atom. The van der Waals surface area contributed by atoms with Crippen LogP contribution in [0.15, 0.2) is 39.9 Å². The fourth-order valence-electron chi connectivity index (χ4n) is 3.99. The van der Waals surface area contributed by atoms with Gasteiger partial charge < -0.3 is 14.6 Å². The van der Waals surface area contributed by atoms with Gasteiger partial charge in [-0.15, -0.1) is 0 Å². The lowest BCUT2D eigenvalue weighted by Crippen LogP contribution is -2.41. The summed E-state index contributed by atoms with van der Waals surface area (Å²) >= 11 is 0. The Hall–Kier alpha value is -2.98. The van der Waals surface area contributed by atoms with Crippen molar-refractivity contribution in [3.8, 4) is 5.75 Å². The zero-order chi connectivity index (χ0) is 22.2. The molecule has 10 heteroatoms. The fourth-order valence-corrected chi connectivity index (χ4v) is 5.75. The monoisotopic (exact) mass is 444 g/mol. The highest BCUT2D eigenvalue weighted by Crippen LogP contribution is 2.32. The fraction of sp³-hybridized carbons (Fsp3) is 0.381. The maximum atomic E-state index is 13.0. The second-order valence-electron chi connectivity index (χ2n) is 7.54. The standard InChI is InChI=1S/C21H24N4O5S/c1-13-20(14(2)30-24-13)31(27,28)25-11-8-15(9-12-25)21(26)23-17-6-7-18(29-3)19-16(17)5-4-10-22-19/h4-7,10,15H,8-9,11-12H2,1-3H3,(H,23,26). The maximum Gasteiger partial charge on any atom is 0.248 e. The van der Waals surface area contributed by atoms with Gasteiger partial charge in [0, 0.05) is 30.6 Å². The summed E-state index contributed by atoms with van der Waals surface area (Å²) in [7, 11) is -2.13. The summed E-state index contributed by atoms with van der Waals surface area (Å²) in [4.78, 5) is 17.4. The molecule has 31 heavy (non-hydrogen) atoms. The van der Waals surface area contributed by atoms with Crippen LogP contribution in [-0.4, -0.2) is 49.0 Å². The van der Waals surface area contributed by atoms with E-state index in [4.69, 9.17) is 9.26 Å². The quantitative estimate of drug-likeness (QED) is 0.643. The third kappa shape index (κ3) is 3.88. The number of nitrogens with one attached hydrogen (secondary N) is 1. The number of nitrogens with zero attached hydrogens (tertiary/aromatic N) is 3. The Bertz CT molecular complexity index is 1210. The minimum atomic E-state index is -3.70. The number of ether oxygens (including phenoxy) is 1. The van der Waals surface area contributed by atoms with Gasteiger partial charge >= 0.3 is 0 Å². The highest BCUT2D eigenvalue weighted by molar-refractivity contribution is 7.89. The summed E-state index contributed by atoms with van der Waals surface area (Å²) in [6.07, 6.45) is 2.53. The molecule has 2 aromatic heterocycles. The van der Waals surface area contributed by atoms with Gasteiger partial charge in [0.05, 0.1) is 12.8 Å². The number of pyridine rings is 1. The van der Waals surface area contributed by atoms with E-state index < -0.39 is 10.0 Å². The second-order valence-corrected chi connectivity index (χ2v) is 9.41. The molecule has 1 aliphatic heterocycles. The van der Waals surface area contributed by atoms with Gasteiger partial charge in [-0.05, 0) is 51.0 Å². The van der Waals surface area contributed by atoms with E-state index in [2.05, 4.69) is 15.5 Å². The summed E-state index contributed by atoms with van der Waals surface area (Å²) in [5.41, 5.74) is 1.67. The second kappa shape index (κ2) is 8.27. The molecule has 4 rings (SSSR count). The van der Waals surface area contributed by atoms with Crippen LogP contribution >= 0.6 is 0 Å². The van der Waals surface area contributed by atoms with Crippen LogP contribution in [0, 0.1) is 19.8 Å². The van der Waals surface area contributed by atoms with Gasteiger partial charge in [-0.2, -0.15) is 4.31 Å². The summed E-state index contributed by atoms with van der Waals surface area (Å²) < 4.78 is 37.7. The number of rotatable bonds is 5. The van der Waals surface area contributed by atoms with Crippen molar-refractivity contribution in [2.24, 2.45) is 5.92 Å². The van der Waals surface area contributed by atoms with Crippen LogP contribution < -0.4 is 10.1 Å².